The van der Waals surface area contributed by atoms with Crippen LogP contribution >= 0.6 is 11.6 Å². The number of halogens is 1. The van der Waals surface area contributed by atoms with E-state index >= 15 is 0 Å². The second kappa shape index (κ2) is 5.65. The minimum Gasteiger partial charge on any atom is -0.473 e. The van der Waals surface area contributed by atoms with Crippen molar-refractivity contribution in [3.8, 4) is 5.88 Å². The van der Waals surface area contributed by atoms with Gasteiger partial charge < -0.3 is 4.74 Å². The van der Waals surface area contributed by atoms with Gasteiger partial charge in [-0.25, -0.2) is 4.98 Å². The first-order valence-corrected chi connectivity index (χ1v) is 5.87. The molecule has 0 amide bonds. The van der Waals surface area contributed by atoms with Crippen molar-refractivity contribution in [1.82, 2.24) is 4.98 Å². The maximum absolute atomic E-state index is 11.2. The number of ketones is 1. The maximum atomic E-state index is 11.2. The van der Waals surface area contributed by atoms with E-state index in [0.29, 0.717) is 23.1 Å². The quantitative estimate of drug-likeness (QED) is 0.791. The molecule has 2 rings (SSSR count). The number of Topliss-reactive ketones (excluding diaryl/α,β-unsaturated/α-hetero) is 1. The van der Waals surface area contributed by atoms with Crippen LogP contribution in [0.1, 0.15) is 22.8 Å². The molecule has 0 fully saturated rings. The Kier molecular flexibility index (Phi) is 3.95. The molecule has 1 aromatic carbocycles. The van der Waals surface area contributed by atoms with Gasteiger partial charge in [0.15, 0.2) is 5.78 Å². The fourth-order valence-electron chi connectivity index (χ4n) is 1.49. The Morgan fingerprint density at radius 3 is 2.89 bits per heavy atom. The molecule has 1 aromatic heterocycles. The summed E-state index contributed by atoms with van der Waals surface area (Å²) in [4.78, 5) is 15.3. The topological polar surface area (TPSA) is 39.2 Å². The highest BCUT2D eigenvalue weighted by atomic mass is 35.5. The molecular formula is C14H12ClNO2. The molecule has 0 spiro atoms. The molecule has 92 valence electrons. The lowest BCUT2D eigenvalue weighted by Gasteiger charge is -2.06. The van der Waals surface area contributed by atoms with Crippen molar-refractivity contribution in [1.29, 1.82) is 0 Å². The van der Waals surface area contributed by atoms with Crippen molar-refractivity contribution >= 4 is 17.4 Å². The van der Waals surface area contributed by atoms with Crippen LogP contribution in [0.3, 0.4) is 0 Å². The molecule has 0 aliphatic carbocycles. The number of carbonyl (C=O) groups is 1. The zero-order valence-electron chi connectivity index (χ0n) is 9.89. The molecule has 0 aliphatic rings. The van der Waals surface area contributed by atoms with Crippen molar-refractivity contribution in [3.63, 3.8) is 0 Å². The number of nitrogens with zero attached hydrogens (tertiary/aromatic N) is 1. The van der Waals surface area contributed by atoms with Crippen LogP contribution < -0.4 is 4.74 Å². The molecule has 0 N–H and O–H groups in total. The predicted octanol–water partition coefficient (Wildman–Crippen LogP) is 3.52. The van der Waals surface area contributed by atoms with Gasteiger partial charge in [0, 0.05) is 22.8 Å². The number of hydrogen-bond acceptors (Lipinski definition) is 3. The van der Waals surface area contributed by atoms with E-state index < -0.39 is 0 Å². The van der Waals surface area contributed by atoms with Crippen molar-refractivity contribution in [2.75, 3.05) is 0 Å². The molecule has 4 heteroatoms. The second-order valence-corrected chi connectivity index (χ2v) is 4.29. The van der Waals surface area contributed by atoms with Crippen LogP contribution in [0.4, 0.5) is 0 Å². The smallest absolute Gasteiger partial charge is 0.214 e. The monoisotopic (exact) mass is 261 g/mol. The third-order valence-electron chi connectivity index (χ3n) is 2.42. The molecular weight excluding hydrogens is 250 g/mol. The van der Waals surface area contributed by atoms with Crippen molar-refractivity contribution < 1.29 is 9.53 Å². The Hall–Kier alpha value is -1.87. The molecule has 3 nitrogen and oxygen atoms in total. The number of ether oxygens (including phenoxy) is 1. The van der Waals surface area contributed by atoms with E-state index in [1.807, 2.05) is 18.2 Å². The Morgan fingerprint density at radius 2 is 2.17 bits per heavy atom. The van der Waals surface area contributed by atoms with Crippen LogP contribution in [0.15, 0.2) is 42.6 Å². The van der Waals surface area contributed by atoms with Crippen LogP contribution in [0, 0.1) is 0 Å². The first-order valence-electron chi connectivity index (χ1n) is 5.49. The number of benzene rings is 1. The molecule has 0 saturated heterocycles. The number of aromatic nitrogens is 1. The number of hydrogen-bond donors (Lipinski definition) is 0. The van der Waals surface area contributed by atoms with Crippen molar-refractivity contribution in [2.45, 2.75) is 13.5 Å². The summed E-state index contributed by atoms with van der Waals surface area (Å²) in [6.45, 7) is 1.88. The maximum Gasteiger partial charge on any atom is 0.214 e. The van der Waals surface area contributed by atoms with Gasteiger partial charge in [0.05, 0.1) is 0 Å². The molecule has 1 heterocycles. The van der Waals surface area contributed by atoms with E-state index in [0.717, 1.165) is 5.56 Å². The van der Waals surface area contributed by atoms with Gasteiger partial charge in [0.1, 0.15) is 6.61 Å². The first kappa shape index (κ1) is 12.6. The van der Waals surface area contributed by atoms with Crippen LogP contribution in [0.2, 0.25) is 5.02 Å². The van der Waals surface area contributed by atoms with Crippen LogP contribution in [0.25, 0.3) is 0 Å². The zero-order chi connectivity index (χ0) is 13.0. The van der Waals surface area contributed by atoms with E-state index in [4.69, 9.17) is 16.3 Å². The average Bonchev–Trinajstić information content (AvgIpc) is 2.37. The Morgan fingerprint density at radius 1 is 1.33 bits per heavy atom. The number of carbonyl (C=O) groups excluding carboxylic acids is 1. The SMILES string of the molecule is CC(=O)c1ccnc(OCc2cccc(Cl)c2)c1. The Balaban J connectivity index is 2.06. The van der Waals surface area contributed by atoms with Gasteiger partial charge in [0.2, 0.25) is 5.88 Å². The summed E-state index contributed by atoms with van der Waals surface area (Å²) >= 11 is 5.88. The molecule has 0 unspecified atom stereocenters. The van der Waals surface area contributed by atoms with E-state index in [1.165, 1.54) is 6.92 Å². The molecule has 0 aliphatic heterocycles. The highest BCUT2D eigenvalue weighted by molar-refractivity contribution is 6.30. The highest BCUT2D eigenvalue weighted by Crippen LogP contribution is 2.14. The number of rotatable bonds is 4. The second-order valence-electron chi connectivity index (χ2n) is 3.86. The van der Waals surface area contributed by atoms with Crippen molar-refractivity contribution in [3.05, 3.63) is 58.7 Å². The summed E-state index contributed by atoms with van der Waals surface area (Å²) < 4.78 is 5.52. The minimum atomic E-state index is -0.00925. The molecule has 0 radical (unpaired) electrons. The lowest BCUT2D eigenvalue weighted by atomic mass is 10.2. The van der Waals surface area contributed by atoms with Gasteiger partial charge >= 0.3 is 0 Å². The average molecular weight is 262 g/mol. The minimum absolute atomic E-state index is 0.00925. The van der Waals surface area contributed by atoms with Gasteiger partial charge in [-0.3, -0.25) is 4.79 Å². The molecule has 2 aromatic rings. The normalized spacial score (nSPS) is 10.1. The van der Waals surface area contributed by atoms with Gasteiger partial charge in [-0.05, 0) is 30.7 Å². The van der Waals surface area contributed by atoms with Crippen molar-refractivity contribution in [2.24, 2.45) is 0 Å². The van der Waals surface area contributed by atoms with Crippen LogP contribution in [-0.2, 0) is 6.61 Å². The summed E-state index contributed by atoms with van der Waals surface area (Å²) in [6.07, 6.45) is 1.56. The van der Waals surface area contributed by atoms with Crippen LogP contribution in [-0.4, -0.2) is 10.8 Å². The Labute approximate surface area is 110 Å². The third-order valence-corrected chi connectivity index (χ3v) is 2.65. The summed E-state index contributed by atoms with van der Waals surface area (Å²) in [6, 6.07) is 10.7. The molecule has 0 bridgehead atoms. The summed E-state index contributed by atoms with van der Waals surface area (Å²) in [7, 11) is 0. The third kappa shape index (κ3) is 3.31. The predicted molar refractivity (Wildman–Crippen MR) is 70.0 cm³/mol. The lowest BCUT2D eigenvalue weighted by molar-refractivity contribution is 0.101. The van der Waals surface area contributed by atoms with E-state index in [9.17, 15) is 4.79 Å². The highest BCUT2D eigenvalue weighted by Gasteiger charge is 2.03. The first-order chi connectivity index (χ1) is 8.65. The number of pyridine rings is 1. The zero-order valence-corrected chi connectivity index (χ0v) is 10.6. The fraction of sp³-hybridized carbons (Fsp3) is 0.143. The standard InChI is InChI=1S/C14H12ClNO2/c1-10(17)12-5-6-16-14(8-12)18-9-11-3-2-4-13(15)7-11/h2-8H,9H2,1H3. The van der Waals surface area contributed by atoms with E-state index in [2.05, 4.69) is 4.98 Å². The van der Waals surface area contributed by atoms with Crippen LogP contribution in [0.5, 0.6) is 5.88 Å². The molecule has 0 saturated carbocycles. The van der Waals surface area contributed by atoms with E-state index in [1.54, 1.807) is 24.4 Å². The van der Waals surface area contributed by atoms with Gasteiger partial charge in [-0.2, -0.15) is 0 Å². The summed E-state index contributed by atoms with van der Waals surface area (Å²) in [5.74, 6) is 0.424. The van der Waals surface area contributed by atoms with Gasteiger partial charge in [-0.1, -0.05) is 23.7 Å². The van der Waals surface area contributed by atoms with Gasteiger partial charge in [0.25, 0.3) is 0 Å². The van der Waals surface area contributed by atoms with Gasteiger partial charge in [-0.15, -0.1) is 0 Å². The molecule has 18 heavy (non-hydrogen) atoms. The summed E-state index contributed by atoms with van der Waals surface area (Å²) in [5.41, 5.74) is 1.55. The van der Waals surface area contributed by atoms with E-state index in [-0.39, 0.29) is 5.78 Å². The lowest BCUT2D eigenvalue weighted by Crippen LogP contribution is -1.99. The Bertz CT molecular complexity index is 569. The fourth-order valence-corrected chi connectivity index (χ4v) is 1.70. The molecule has 0 atom stereocenters. The largest absolute Gasteiger partial charge is 0.473 e. The summed E-state index contributed by atoms with van der Waals surface area (Å²) in [5, 5.41) is 0.668.